The monoisotopic (exact) mass is 385 g/mol. The minimum atomic E-state index is -0.206. The minimum Gasteiger partial charge on any atom is -0.356 e. The number of aryl methyl sites for hydroxylation is 2. The van der Waals surface area contributed by atoms with Crippen LogP contribution in [0.3, 0.4) is 0 Å². The molecule has 0 fully saturated rings. The number of carbonyl (C=O) groups is 2. The lowest BCUT2D eigenvalue weighted by molar-refractivity contribution is -0.122. The van der Waals surface area contributed by atoms with Crippen LogP contribution in [0.5, 0.6) is 0 Å². The number of benzene rings is 1. The number of nitrogens with one attached hydrogen (secondary N) is 2. The van der Waals surface area contributed by atoms with E-state index in [-0.39, 0.29) is 17.7 Å². The van der Waals surface area contributed by atoms with E-state index < -0.39 is 0 Å². The third kappa shape index (κ3) is 4.95. The molecular weight excluding hydrogens is 358 g/mol. The van der Waals surface area contributed by atoms with Gasteiger partial charge in [-0.2, -0.15) is 0 Å². The van der Waals surface area contributed by atoms with Crippen LogP contribution in [-0.2, 0) is 11.2 Å². The van der Waals surface area contributed by atoms with E-state index in [4.69, 9.17) is 0 Å². The van der Waals surface area contributed by atoms with Gasteiger partial charge in [0.25, 0.3) is 5.91 Å². The van der Waals surface area contributed by atoms with Crippen molar-refractivity contribution in [3.05, 3.63) is 46.0 Å². The lowest BCUT2D eigenvalue weighted by atomic mass is 9.90. The van der Waals surface area contributed by atoms with Crippen molar-refractivity contribution < 1.29 is 9.59 Å². The van der Waals surface area contributed by atoms with Crippen molar-refractivity contribution in [1.29, 1.82) is 0 Å². The van der Waals surface area contributed by atoms with E-state index in [2.05, 4.69) is 29.5 Å². The fourth-order valence-corrected chi connectivity index (χ4v) is 4.27. The molecule has 1 heterocycles. The van der Waals surface area contributed by atoms with Crippen molar-refractivity contribution in [1.82, 2.24) is 10.3 Å². The molecule has 1 unspecified atom stereocenters. The first-order valence-electron chi connectivity index (χ1n) is 9.59. The van der Waals surface area contributed by atoms with E-state index >= 15 is 0 Å². The molecule has 144 valence electrons. The van der Waals surface area contributed by atoms with E-state index in [0.29, 0.717) is 23.2 Å². The largest absolute Gasteiger partial charge is 0.356 e. The summed E-state index contributed by atoms with van der Waals surface area (Å²) in [6.45, 7) is 6.98. The molecule has 1 atom stereocenters. The zero-order valence-corrected chi connectivity index (χ0v) is 17.0. The highest BCUT2D eigenvalue weighted by Gasteiger charge is 2.30. The molecule has 0 bridgehead atoms. The molecule has 6 heteroatoms. The zero-order chi connectivity index (χ0) is 19.4. The third-order valence-corrected chi connectivity index (χ3v) is 5.87. The second kappa shape index (κ2) is 8.65. The molecule has 0 aliphatic heterocycles. The summed E-state index contributed by atoms with van der Waals surface area (Å²) in [6.07, 6.45) is 3.68. The molecule has 1 aliphatic rings. The maximum absolute atomic E-state index is 12.6. The average molecular weight is 386 g/mol. The number of hydrogen-bond donors (Lipinski definition) is 2. The first-order chi connectivity index (χ1) is 12.9. The van der Waals surface area contributed by atoms with Gasteiger partial charge in [-0.05, 0) is 50.7 Å². The fourth-order valence-electron chi connectivity index (χ4n) is 3.21. The van der Waals surface area contributed by atoms with Gasteiger partial charge in [-0.1, -0.05) is 31.5 Å². The Morgan fingerprint density at radius 2 is 2.00 bits per heavy atom. The molecule has 3 rings (SSSR count). The average Bonchev–Trinajstić information content (AvgIpc) is 3.04. The SMILES string of the molecule is Cc1ccc(C(=O)Nc2nc3c(s2)CCCC3C(=O)NCCC(C)C)cc1. The van der Waals surface area contributed by atoms with Gasteiger partial charge in [0.2, 0.25) is 5.91 Å². The highest BCUT2D eigenvalue weighted by molar-refractivity contribution is 7.15. The van der Waals surface area contributed by atoms with Gasteiger partial charge in [0.15, 0.2) is 5.13 Å². The first-order valence-corrected chi connectivity index (χ1v) is 10.4. The van der Waals surface area contributed by atoms with Crippen LogP contribution >= 0.6 is 11.3 Å². The van der Waals surface area contributed by atoms with Crippen LogP contribution in [0.1, 0.15) is 65.5 Å². The molecule has 1 aromatic carbocycles. The summed E-state index contributed by atoms with van der Waals surface area (Å²) in [6, 6.07) is 7.45. The normalized spacial score (nSPS) is 16.1. The number of fused-ring (bicyclic) bond motifs is 1. The summed E-state index contributed by atoms with van der Waals surface area (Å²) in [5, 5.41) is 6.51. The molecule has 27 heavy (non-hydrogen) atoms. The Morgan fingerprint density at radius 3 is 2.70 bits per heavy atom. The van der Waals surface area contributed by atoms with Gasteiger partial charge in [0.05, 0.1) is 11.6 Å². The van der Waals surface area contributed by atoms with Gasteiger partial charge >= 0.3 is 0 Å². The number of amides is 2. The Morgan fingerprint density at radius 1 is 1.26 bits per heavy atom. The van der Waals surface area contributed by atoms with Crippen LogP contribution in [0.25, 0.3) is 0 Å². The zero-order valence-electron chi connectivity index (χ0n) is 16.2. The summed E-state index contributed by atoms with van der Waals surface area (Å²) in [5.41, 5.74) is 2.56. The summed E-state index contributed by atoms with van der Waals surface area (Å²) in [7, 11) is 0. The Hall–Kier alpha value is -2.21. The van der Waals surface area contributed by atoms with Crippen LogP contribution in [0.2, 0.25) is 0 Å². The minimum absolute atomic E-state index is 0.0540. The van der Waals surface area contributed by atoms with Gasteiger partial charge in [-0.25, -0.2) is 4.98 Å². The third-order valence-electron chi connectivity index (χ3n) is 4.83. The Labute approximate surface area is 164 Å². The lowest BCUT2D eigenvalue weighted by Gasteiger charge is -2.20. The number of thiazole rings is 1. The number of hydrogen-bond acceptors (Lipinski definition) is 4. The highest BCUT2D eigenvalue weighted by atomic mass is 32.1. The number of nitrogens with zero attached hydrogens (tertiary/aromatic N) is 1. The van der Waals surface area contributed by atoms with Crippen molar-refractivity contribution in [2.45, 2.75) is 52.4 Å². The number of aromatic nitrogens is 1. The number of anilines is 1. The quantitative estimate of drug-likeness (QED) is 0.779. The van der Waals surface area contributed by atoms with E-state index in [0.717, 1.165) is 41.8 Å². The second-order valence-electron chi connectivity index (χ2n) is 7.57. The molecule has 0 saturated carbocycles. The van der Waals surface area contributed by atoms with E-state index in [1.807, 2.05) is 31.2 Å². The van der Waals surface area contributed by atoms with E-state index in [1.165, 1.54) is 11.3 Å². The van der Waals surface area contributed by atoms with Crippen LogP contribution in [0, 0.1) is 12.8 Å². The molecule has 2 amide bonds. The van der Waals surface area contributed by atoms with Gasteiger partial charge in [-0.15, -0.1) is 11.3 Å². The molecule has 5 nitrogen and oxygen atoms in total. The van der Waals surface area contributed by atoms with Crippen molar-refractivity contribution >= 4 is 28.3 Å². The summed E-state index contributed by atoms with van der Waals surface area (Å²) < 4.78 is 0. The maximum atomic E-state index is 12.6. The Bertz CT molecular complexity index is 811. The van der Waals surface area contributed by atoms with Crippen molar-refractivity contribution in [2.24, 2.45) is 5.92 Å². The van der Waals surface area contributed by atoms with Crippen molar-refractivity contribution in [3.8, 4) is 0 Å². The predicted octanol–water partition coefficient (Wildman–Crippen LogP) is 4.29. The molecule has 0 spiro atoms. The molecule has 0 saturated heterocycles. The number of rotatable bonds is 6. The van der Waals surface area contributed by atoms with Gasteiger partial charge in [0, 0.05) is 17.0 Å². The maximum Gasteiger partial charge on any atom is 0.257 e. The standard InChI is InChI=1S/C21H27N3O2S/c1-13(2)11-12-22-20(26)16-5-4-6-17-18(16)23-21(27-17)24-19(25)15-9-7-14(3)8-10-15/h7-10,13,16H,4-6,11-12H2,1-3H3,(H,22,26)(H,23,24,25). The Balaban J connectivity index is 1.68. The molecule has 1 aliphatic carbocycles. The molecule has 0 radical (unpaired) electrons. The van der Waals surface area contributed by atoms with Gasteiger partial charge in [-0.3, -0.25) is 14.9 Å². The van der Waals surface area contributed by atoms with E-state index in [1.54, 1.807) is 0 Å². The van der Waals surface area contributed by atoms with Gasteiger partial charge in [0.1, 0.15) is 0 Å². The van der Waals surface area contributed by atoms with Crippen LogP contribution < -0.4 is 10.6 Å². The predicted molar refractivity (Wildman–Crippen MR) is 109 cm³/mol. The summed E-state index contributed by atoms with van der Waals surface area (Å²) in [4.78, 5) is 30.7. The lowest BCUT2D eigenvalue weighted by Crippen LogP contribution is -2.32. The molecule has 1 aromatic heterocycles. The molecule has 2 N–H and O–H groups in total. The van der Waals surface area contributed by atoms with Crippen molar-refractivity contribution in [2.75, 3.05) is 11.9 Å². The second-order valence-corrected chi connectivity index (χ2v) is 8.65. The fraction of sp³-hybridized carbons (Fsp3) is 0.476. The molecule has 2 aromatic rings. The van der Waals surface area contributed by atoms with Gasteiger partial charge < -0.3 is 5.32 Å². The first kappa shape index (κ1) is 19.5. The number of carbonyl (C=O) groups excluding carboxylic acids is 2. The topological polar surface area (TPSA) is 71.1 Å². The van der Waals surface area contributed by atoms with E-state index in [9.17, 15) is 9.59 Å². The highest BCUT2D eigenvalue weighted by Crippen LogP contribution is 2.37. The van der Waals surface area contributed by atoms with Crippen LogP contribution in [0.4, 0.5) is 5.13 Å². The summed E-state index contributed by atoms with van der Waals surface area (Å²) in [5.74, 6) is 0.245. The Kier molecular flexibility index (Phi) is 6.26. The summed E-state index contributed by atoms with van der Waals surface area (Å²) >= 11 is 1.49. The van der Waals surface area contributed by atoms with Crippen molar-refractivity contribution in [3.63, 3.8) is 0 Å². The molecular formula is C21H27N3O2S. The smallest absolute Gasteiger partial charge is 0.257 e. The van der Waals surface area contributed by atoms with Crippen LogP contribution in [-0.4, -0.2) is 23.3 Å². The van der Waals surface area contributed by atoms with Crippen LogP contribution in [0.15, 0.2) is 24.3 Å².